The molecule has 1 amide bonds. The number of hydrogen-bond acceptors (Lipinski definition) is 7. The molecule has 4 rings (SSSR count). The number of hydrogen-bond donors (Lipinski definition) is 1. The van der Waals surface area contributed by atoms with Crippen LogP contribution in [0.1, 0.15) is 41.6 Å². The zero-order valence-electron chi connectivity index (χ0n) is 19.2. The summed E-state index contributed by atoms with van der Waals surface area (Å²) in [4.78, 5) is 31.6. The van der Waals surface area contributed by atoms with Gasteiger partial charge in [0.25, 0.3) is 0 Å². The molecular formula is C25H27ClN4O4. The molecule has 1 aromatic heterocycles. The minimum absolute atomic E-state index is 0.0729. The normalized spacial score (nSPS) is 14.7. The molecule has 2 heterocycles. The van der Waals surface area contributed by atoms with E-state index in [1.807, 2.05) is 31.2 Å². The number of benzene rings is 2. The van der Waals surface area contributed by atoms with Crippen molar-refractivity contribution in [2.24, 2.45) is 5.92 Å². The predicted octanol–water partition coefficient (Wildman–Crippen LogP) is 4.73. The summed E-state index contributed by atoms with van der Waals surface area (Å²) in [7, 11) is 0. The van der Waals surface area contributed by atoms with Gasteiger partial charge < -0.3 is 14.6 Å². The number of carbonyl (C=O) groups is 2. The number of nitrogens with one attached hydrogen (secondary N) is 1. The van der Waals surface area contributed by atoms with Gasteiger partial charge in [-0.05, 0) is 64.0 Å². The summed E-state index contributed by atoms with van der Waals surface area (Å²) in [5.74, 6) is 0.438. The Morgan fingerprint density at radius 1 is 1.21 bits per heavy atom. The summed E-state index contributed by atoms with van der Waals surface area (Å²) in [5, 5.41) is 7.29. The average Bonchev–Trinajstić information content (AvgIpc) is 3.29. The summed E-state index contributed by atoms with van der Waals surface area (Å²) >= 11 is 6.10. The molecule has 178 valence electrons. The van der Waals surface area contributed by atoms with Gasteiger partial charge in [0.1, 0.15) is 0 Å². The van der Waals surface area contributed by atoms with E-state index >= 15 is 0 Å². The monoisotopic (exact) mass is 482 g/mol. The Hall–Kier alpha value is -3.23. The molecule has 1 N–H and O–H groups in total. The number of amides is 1. The molecule has 34 heavy (non-hydrogen) atoms. The van der Waals surface area contributed by atoms with Gasteiger partial charge >= 0.3 is 5.97 Å². The second-order valence-corrected chi connectivity index (χ2v) is 8.74. The van der Waals surface area contributed by atoms with Gasteiger partial charge in [0.2, 0.25) is 17.6 Å². The number of halogens is 1. The fourth-order valence-corrected chi connectivity index (χ4v) is 4.17. The zero-order valence-corrected chi connectivity index (χ0v) is 20.0. The number of esters is 1. The minimum Gasteiger partial charge on any atom is -0.462 e. The van der Waals surface area contributed by atoms with Crippen LogP contribution in [0, 0.1) is 12.8 Å². The highest BCUT2D eigenvalue weighted by atomic mass is 35.5. The Labute approximate surface area is 203 Å². The Bertz CT molecular complexity index is 1170. The lowest BCUT2D eigenvalue weighted by atomic mass is 9.95. The lowest BCUT2D eigenvalue weighted by Crippen LogP contribution is -2.37. The van der Waals surface area contributed by atoms with Crippen molar-refractivity contribution < 1.29 is 18.8 Å². The van der Waals surface area contributed by atoms with Crippen LogP contribution in [0.2, 0.25) is 5.02 Å². The topological polar surface area (TPSA) is 97.6 Å². The molecule has 2 aromatic carbocycles. The summed E-state index contributed by atoms with van der Waals surface area (Å²) < 4.78 is 10.5. The third-order valence-electron chi connectivity index (χ3n) is 5.79. The van der Waals surface area contributed by atoms with Gasteiger partial charge in [0.05, 0.1) is 23.7 Å². The van der Waals surface area contributed by atoms with Gasteiger partial charge in [-0.25, -0.2) is 4.79 Å². The van der Waals surface area contributed by atoms with Crippen LogP contribution in [0.3, 0.4) is 0 Å². The highest BCUT2D eigenvalue weighted by Gasteiger charge is 2.26. The molecule has 1 aliphatic heterocycles. The number of carbonyl (C=O) groups excluding carboxylic acids is 2. The Balaban J connectivity index is 1.30. The average molecular weight is 483 g/mol. The van der Waals surface area contributed by atoms with E-state index < -0.39 is 5.97 Å². The third kappa shape index (κ3) is 5.81. The van der Waals surface area contributed by atoms with E-state index in [9.17, 15) is 9.59 Å². The summed E-state index contributed by atoms with van der Waals surface area (Å²) in [6.07, 6.45) is 1.42. The van der Waals surface area contributed by atoms with E-state index in [1.54, 1.807) is 25.1 Å². The molecule has 0 unspecified atom stereocenters. The van der Waals surface area contributed by atoms with Crippen molar-refractivity contribution in [1.29, 1.82) is 0 Å². The van der Waals surface area contributed by atoms with Crippen LogP contribution in [-0.2, 0) is 16.1 Å². The van der Waals surface area contributed by atoms with E-state index in [1.165, 1.54) is 0 Å². The maximum atomic E-state index is 12.8. The second-order valence-electron chi connectivity index (χ2n) is 8.34. The first-order valence-corrected chi connectivity index (χ1v) is 11.7. The SMILES string of the molecule is CCOC(=O)c1cc(NC(=O)C2CCN(Cc3nc(-c4cccc(C)c4)no3)CC2)ccc1Cl. The fraction of sp³-hybridized carbons (Fsp3) is 0.360. The second kappa shape index (κ2) is 10.8. The molecule has 0 saturated carbocycles. The van der Waals surface area contributed by atoms with E-state index in [0.717, 1.165) is 24.2 Å². The Morgan fingerprint density at radius 3 is 2.74 bits per heavy atom. The first-order valence-electron chi connectivity index (χ1n) is 11.3. The van der Waals surface area contributed by atoms with Crippen molar-refractivity contribution in [1.82, 2.24) is 15.0 Å². The van der Waals surface area contributed by atoms with Crippen molar-refractivity contribution in [3.8, 4) is 11.4 Å². The third-order valence-corrected chi connectivity index (χ3v) is 6.12. The standard InChI is InChI=1S/C25H27ClN4O4/c1-3-33-25(32)20-14-19(7-8-21(20)26)27-24(31)17-9-11-30(12-10-17)15-22-28-23(29-34-22)18-6-4-5-16(2)13-18/h4-8,13-14,17H,3,9-12,15H2,1-2H3,(H,27,31). The molecule has 1 saturated heterocycles. The number of ether oxygens (including phenoxy) is 1. The highest BCUT2D eigenvalue weighted by molar-refractivity contribution is 6.33. The van der Waals surface area contributed by atoms with Crippen molar-refractivity contribution in [3.05, 3.63) is 64.5 Å². The number of nitrogens with zero attached hydrogens (tertiary/aromatic N) is 3. The highest BCUT2D eigenvalue weighted by Crippen LogP contribution is 2.25. The number of piperidine rings is 1. The largest absolute Gasteiger partial charge is 0.462 e. The van der Waals surface area contributed by atoms with Crippen LogP contribution in [0.4, 0.5) is 5.69 Å². The number of likely N-dealkylation sites (tertiary alicyclic amines) is 1. The summed E-state index contributed by atoms with van der Waals surface area (Å²) in [6, 6.07) is 12.8. The molecule has 0 atom stereocenters. The van der Waals surface area contributed by atoms with Gasteiger partial charge in [0, 0.05) is 17.2 Å². The number of aryl methyl sites for hydroxylation is 1. The molecule has 0 spiro atoms. The number of aromatic nitrogens is 2. The molecule has 9 heteroatoms. The molecular weight excluding hydrogens is 456 g/mol. The molecule has 8 nitrogen and oxygen atoms in total. The van der Waals surface area contributed by atoms with Crippen LogP contribution < -0.4 is 5.32 Å². The van der Waals surface area contributed by atoms with Crippen LogP contribution in [0.5, 0.6) is 0 Å². The van der Waals surface area contributed by atoms with E-state index in [2.05, 4.69) is 20.4 Å². The van der Waals surface area contributed by atoms with Gasteiger partial charge in [0.15, 0.2) is 0 Å². The molecule has 0 radical (unpaired) electrons. The van der Waals surface area contributed by atoms with Crippen LogP contribution in [-0.4, -0.2) is 46.6 Å². The van der Waals surface area contributed by atoms with Gasteiger partial charge in [-0.1, -0.05) is 40.5 Å². The predicted molar refractivity (Wildman–Crippen MR) is 129 cm³/mol. The van der Waals surface area contributed by atoms with Crippen molar-refractivity contribution >= 4 is 29.2 Å². The van der Waals surface area contributed by atoms with Crippen LogP contribution >= 0.6 is 11.6 Å². The zero-order chi connectivity index (χ0) is 24.1. The number of anilines is 1. The molecule has 0 aliphatic carbocycles. The van der Waals surface area contributed by atoms with E-state index in [-0.39, 0.29) is 29.0 Å². The molecule has 3 aromatic rings. The van der Waals surface area contributed by atoms with Crippen molar-refractivity contribution in [2.45, 2.75) is 33.2 Å². The van der Waals surface area contributed by atoms with Crippen molar-refractivity contribution in [2.75, 3.05) is 25.0 Å². The maximum absolute atomic E-state index is 12.8. The Morgan fingerprint density at radius 2 is 2.00 bits per heavy atom. The smallest absolute Gasteiger partial charge is 0.339 e. The van der Waals surface area contributed by atoms with E-state index in [4.69, 9.17) is 20.9 Å². The lowest BCUT2D eigenvalue weighted by molar-refractivity contribution is -0.121. The van der Waals surface area contributed by atoms with Gasteiger partial charge in [-0.15, -0.1) is 0 Å². The van der Waals surface area contributed by atoms with E-state index in [0.29, 0.717) is 36.8 Å². The minimum atomic E-state index is -0.511. The summed E-state index contributed by atoms with van der Waals surface area (Å²) in [5.41, 5.74) is 2.83. The first-order chi connectivity index (χ1) is 16.4. The molecule has 0 bridgehead atoms. The van der Waals surface area contributed by atoms with Crippen LogP contribution in [0.15, 0.2) is 47.0 Å². The van der Waals surface area contributed by atoms with Crippen LogP contribution in [0.25, 0.3) is 11.4 Å². The van der Waals surface area contributed by atoms with Crippen molar-refractivity contribution in [3.63, 3.8) is 0 Å². The Kier molecular flexibility index (Phi) is 7.59. The first kappa shape index (κ1) is 23.9. The molecule has 1 aliphatic rings. The summed E-state index contributed by atoms with van der Waals surface area (Å²) in [6.45, 7) is 6.04. The fourth-order valence-electron chi connectivity index (χ4n) is 3.98. The molecule has 1 fully saturated rings. The van der Waals surface area contributed by atoms with Gasteiger partial charge in [-0.3, -0.25) is 9.69 Å². The quantitative estimate of drug-likeness (QED) is 0.486. The van der Waals surface area contributed by atoms with Gasteiger partial charge in [-0.2, -0.15) is 4.98 Å². The lowest BCUT2D eigenvalue weighted by Gasteiger charge is -2.30. The number of rotatable bonds is 7. The maximum Gasteiger partial charge on any atom is 0.339 e.